The number of benzene rings is 2. The van der Waals surface area contributed by atoms with Crippen LogP contribution in [0.5, 0.6) is 0 Å². The predicted molar refractivity (Wildman–Crippen MR) is 84.2 cm³/mol. The molecule has 4 nitrogen and oxygen atoms in total. The number of nitrogens with zero attached hydrogens (tertiary/aromatic N) is 1. The van der Waals surface area contributed by atoms with Crippen molar-refractivity contribution in [1.82, 2.24) is 4.90 Å². The lowest BCUT2D eigenvalue weighted by atomic mass is 9.93. The van der Waals surface area contributed by atoms with E-state index >= 15 is 0 Å². The average molecular weight is 345 g/mol. The molecule has 0 spiro atoms. The molecule has 0 unspecified atom stereocenters. The van der Waals surface area contributed by atoms with Crippen LogP contribution >= 0.6 is 15.9 Å². The van der Waals surface area contributed by atoms with E-state index < -0.39 is 0 Å². The Morgan fingerprint density at radius 2 is 1.67 bits per heavy atom. The van der Waals surface area contributed by atoms with Crippen LogP contribution in [0, 0.1) is 5.92 Å². The highest BCUT2D eigenvalue weighted by atomic mass is 79.9. The normalized spacial score (nSPS) is 17.7. The van der Waals surface area contributed by atoms with Crippen molar-refractivity contribution in [2.45, 2.75) is 12.8 Å². The lowest BCUT2D eigenvalue weighted by Gasteiger charge is -2.27. The van der Waals surface area contributed by atoms with E-state index in [-0.39, 0.29) is 11.8 Å². The maximum Gasteiger partial charge on any atom is 0.261 e. The van der Waals surface area contributed by atoms with Crippen molar-refractivity contribution in [3.05, 3.63) is 39.9 Å². The molecule has 5 heteroatoms. The van der Waals surface area contributed by atoms with Gasteiger partial charge in [-0.1, -0.05) is 15.9 Å². The topological polar surface area (TPSA) is 63.4 Å². The summed E-state index contributed by atoms with van der Waals surface area (Å²) in [6, 6.07) is 7.04. The van der Waals surface area contributed by atoms with Gasteiger partial charge in [-0.3, -0.25) is 14.5 Å². The Morgan fingerprint density at radius 1 is 1.05 bits per heavy atom. The van der Waals surface area contributed by atoms with Gasteiger partial charge in [0.15, 0.2) is 0 Å². The molecule has 1 aliphatic carbocycles. The van der Waals surface area contributed by atoms with Gasteiger partial charge in [-0.05, 0) is 43.0 Å². The van der Waals surface area contributed by atoms with Gasteiger partial charge in [0, 0.05) is 38.6 Å². The molecule has 0 aromatic heterocycles. The van der Waals surface area contributed by atoms with Crippen LogP contribution in [-0.4, -0.2) is 23.3 Å². The van der Waals surface area contributed by atoms with E-state index in [9.17, 15) is 9.59 Å². The van der Waals surface area contributed by atoms with Gasteiger partial charge in [0.05, 0.1) is 0 Å². The van der Waals surface area contributed by atoms with Crippen molar-refractivity contribution in [1.29, 1.82) is 0 Å². The van der Waals surface area contributed by atoms with Crippen molar-refractivity contribution in [3.63, 3.8) is 0 Å². The molecule has 1 aliphatic heterocycles. The summed E-state index contributed by atoms with van der Waals surface area (Å²) in [5.41, 5.74) is 7.72. The highest BCUT2D eigenvalue weighted by Gasteiger charge is 2.37. The molecule has 106 valence electrons. The molecule has 0 atom stereocenters. The van der Waals surface area contributed by atoms with Crippen molar-refractivity contribution in [2.75, 3.05) is 12.3 Å². The maximum atomic E-state index is 12.6. The SMILES string of the molecule is Nc1ccc2c3c(ccc(Br)c13)C(=O)N(CC1CC1)C2=O. The van der Waals surface area contributed by atoms with Crippen LogP contribution in [0.25, 0.3) is 10.8 Å². The Bertz CT molecular complexity index is 755. The molecular formula is C16H13BrN2O2. The molecule has 0 radical (unpaired) electrons. The number of carbonyl (C=O) groups excluding carboxylic acids is 2. The second-order valence-electron chi connectivity index (χ2n) is 5.71. The van der Waals surface area contributed by atoms with Crippen LogP contribution in [0.1, 0.15) is 33.6 Å². The molecule has 1 saturated carbocycles. The summed E-state index contributed by atoms with van der Waals surface area (Å²) in [5, 5.41) is 1.42. The minimum absolute atomic E-state index is 0.206. The minimum atomic E-state index is -0.206. The smallest absolute Gasteiger partial charge is 0.261 e. The zero-order valence-corrected chi connectivity index (χ0v) is 12.8. The predicted octanol–water partition coefficient (Wildman–Crippen LogP) is 3.19. The number of imide groups is 1. The molecule has 2 aromatic rings. The van der Waals surface area contributed by atoms with Crippen molar-refractivity contribution in [3.8, 4) is 0 Å². The van der Waals surface area contributed by atoms with Gasteiger partial charge in [-0.15, -0.1) is 0 Å². The standard InChI is InChI=1S/C16H13BrN2O2/c17-11-5-3-9-13-10(4-6-12(18)14(11)13)16(21)19(15(9)20)7-8-1-2-8/h3-6,8H,1-2,7,18H2. The lowest BCUT2D eigenvalue weighted by Crippen LogP contribution is -2.41. The highest BCUT2D eigenvalue weighted by molar-refractivity contribution is 9.10. The lowest BCUT2D eigenvalue weighted by molar-refractivity contribution is 0.0603. The fourth-order valence-corrected chi connectivity index (χ4v) is 3.50. The first-order valence-electron chi connectivity index (χ1n) is 6.95. The highest BCUT2D eigenvalue weighted by Crippen LogP contribution is 2.39. The van der Waals surface area contributed by atoms with E-state index in [1.54, 1.807) is 18.2 Å². The van der Waals surface area contributed by atoms with Crippen LogP contribution in [0.4, 0.5) is 5.69 Å². The van der Waals surface area contributed by atoms with Gasteiger partial charge in [-0.2, -0.15) is 0 Å². The summed E-state index contributed by atoms with van der Waals surface area (Å²) in [4.78, 5) is 26.7. The van der Waals surface area contributed by atoms with Gasteiger partial charge < -0.3 is 5.73 Å². The molecule has 4 rings (SSSR count). The molecule has 2 aromatic carbocycles. The molecule has 0 bridgehead atoms. The monoisotopic (exact) mass is 344 g/mol. The van der Waals surface area contributed by atoms with Crippen LogP contribution in [0.2, 0.25) is 0 Å². The van der Waals surface area contributed by atoms with Crippen LogP contribution < -0.4 is 5.73 Å². The zero-order chi connectivity index (χ0) is 14.7. The second kappa shape index (κ2) is 4.31. The third-order valence-corrected chi connectivity index (χ3v) is 4.89. The minimum Gasteiger partial charge on any atom is -0.398 e. The Morgan fingerprint density at radius 3 is 2.29 bits per heavy atom. The fourth-order valence-electron chi connectivity index (χ4n) is 2.94. The number of halogens is 1. The number of amides is 2. The van der Waals surface area contributed by atoms with E-state index in [1.807, 2.05) is 6.07 Å². The quantitative estimate of drug-likeness (QED) is 0.672. The number of anilines is 1. The molecule has 0 saturated heterocycles. The fraction of sp³-hybridized carbons (Fsp3) is 0.250. The molecule has 21 heavy (non-hydrogen) atoms. The molecule has 2 aliphatic rings. The zero-order valence-electron chi connectivity index (χ0n) is 11.2. The summed E-state index contributed by atoms with van der Waals surface area (Å²) in [6.07, 6.45) is 2.20. The summed E-state index contributed by atoms with van der Waals surface area (Å²) in [7, 11) is 0. The summed E-state index contributed by atoms with van der Waals surface area (Å²) < 4.78 is 0.803. The first kappa shape index (κ1) is 12.8. The Kier molecular flexibility index (Phi) is 2.63. The molecule has 1 fully saturated rings. The third kappa shape index (κ3) is 1.80. The third-order valence-electron chi connectivity index (χ3n) is 4.23. The summed E-state index contributed by atoms with van der Waals surface area (Å²) in [5.74, 6) is 0.0594. The second-order valence-corrected chi connectivity index (χ2v) is 6.57. The van der Waals surface area contributed by atoms with Crippen LogP contribution in [0.15, 0.2) is 28.7 Å². The largest absolute Gasteiger partial charge is 0.398 e. The molecule has 2 N–H and O–H groups in total. The van der Waals surface area contributed by atoms with E-state index in [0.717, 1.165) is 22.7 Å². The van der Waals surface area contributed by atoms with Gasteiger partial charge in [0.25, 0.3) is 11.8 Å². The molecule has 2 amide bonds. The number of nitrogen functional groups attached to an aromatic ring is 1. The van der Waals surface area contributed by atoms with E-state index in [0.29, 0.717) is 34.7 Å². The van der Waals surface area contributed by atoms with E-state index in [1.165, 1.54) is 4.90 Å². The maximum absolute atomic E-state index is 12.6. The Hall–Kier alpha value is -1.88. The van der Waals surface area contributed by atoms with Gasteiger partial charge in [0.1, 0.15) is 0 Å². The Balaban J connectivity index is 1.99. The van der Waals surface area contributed by atoms with Gasteiger partial charge in [-0.25, -0.2) is 0 Å². The summed E-state index contributed by atoms with van der Waals surface area (Å²) in [6.45, 7) is 0.527. The van der Waals surface area contributed by atoms with Crippen molar-refractivity contribution in [2.24, 2.45) is 5.92 Å². The van der Waals surface area contributed by atoms with Gasteiger partial charge >= 0.3 is 0 Å². The van der Waals surface area contributed by atoms with Crippen molar-refractivity contribution < 1.29 is 9.59 Å². The van der Waals surface area contributed by atoms with Crippen molar-refractivity contribution >= 4 is 44.2 Å². The Labute approximate surface area is 130 Å². The number of rotatable bonds is 2. The summed E-state index contributed by atoms with van der Waals surface area (Å²) >= 11 is 3.46. The first-order valence-corrected chi connectivity index (χ1v) is 7.74. The number of carbonyl (C=O) groups is 2. The van der Waals surface area contributed by atoms with Crippen LogP contribution in [0.3, 0.4) is 0 Å². The average Bonchev–Trinajstić information content (AvgIpc) is 3.27. The van der Waals surface area contributed by atoms with Gasteiger partial charge in [0.2, 0.25) is 0 Å². The number of hydrogen-bond acceptors (Lipinski definition) is 3. The van der Waals surface area contributed by atoms with Crippen LogP contribution in [-0.2, 0) is 0 Å². The molecule has 1 heterocycles. The van der Waals surface area contributed by atoms with E-state index in [2.05, 4.69) is 15.9 Å². The number of hydrogen-bond donors (Lipinski definition) is 1. The van der Waals surface area contributed by atoms with E-state index in [4.69, 9.17) is 5.73 Å². The molecular weight excluding hydrogens is 332 g/mol. The first-order chi connectivity index (χ1) is 10.1. The number of nitrogens with two attached hydrogens (primary N) is 1.